The molecule has 1 aliphatic rings. The van der Waals surface area contributed by atoms with E-state index in [4.69, 9.17) is 23.2 Å². The lowest BCUT2D eigenvalue weighted by molar-refractivity contribution is 0.0379. The summed E-state index contributed by atoms with van der Waals surface area (Å²) < 4.78 is 5.04. The molecular weight excluding hydrogens is 145 g/mol. The molecule has 0 spiro atoms. The van der Waals surface area contributed by atoms with Crippen LogP contribution in [0.4, 0.5) is 0 Å². The molecule has 58 valence electrons. The van der Waals surface area contributed by atoms with Gasteiger partial charge in [0.2, 0.25) is 0 Å². The standard InChI is InChI=1S/C5H8BN3O2/c6-5-1-3(8-9-7)4(2-10)11-5/h3-5,10H,1-2H2/t3?,4-,5-/m1/s1. The van der Waals surface area contributed by atoms with Crippen molar-refractivity contribution >= 4 is 7.85 Å². The highest BCUT2D eigenvalue weighted by Gasteiger charge is 2.30. The van der Waals surface area contributed by atoms with Crippen LogP contribution >= 0.6 is 0 Å². The Morgan fingerprint density at radius 1 is 1.82 bits per heavy atom. The zero-order valence-electron chi connectivity index (χ0n) is 5.92. The van der Waals surface area contributed by atoms with Crippen LogP contribution in [0.2, 0.25) is 0 Å². The Labute approximate surface area is 65.4 Å². The Kier molecular flexibility index (Phi) is 2.76. The molecule has 0 aromatic rings. The monoisotopic (exact) mass is 153 g/mol. The van der Waals surface area contributed by atoms with Crippen molar-refractivity contribution in [2.24, 2.45) is 5.11 Å². The van der Waals surface area contributed by atoms with Crippen molar-refractivity contribution in [1.82, 2.24) is 0 Å². The summed E-state index contributed by atoms with van der Waals surface area (Å²) in [5, 5.41) is 12.2. The maximum Gasteiger partial charge on any atom is 0.109 e. The van der Waals surface area contributed by atoms with E-state index in [1.54, 1.807) is 0 Å². The molecule has 1 fully saturated rings. The third-order valence-electron chi connectivity index (χ3n) is 1.63. The van der Waals surface area contributed by atoms with Gasteiger partial charge in [-0.25, -0.2) is 0 Å². The summed E-state index contributed by atoms with van der Waals surface area (Å²) in [7, 11) is 5.40. The van der Waals surface area contributed by atoms with Crippen LogP contribution in [-0.2, 0) is 4.74 Å². The Bertz CT molecular complexity index is 183. The molecule has 11 heavy (non-hydrogen) atoms. The molecule has 0 amide bonds. The summed E-state index contributed by atoms with van der Waals surface area (Å²) in [6.07, 6.45) is 0.0517. The van der Waals surface area contributed by atoms with Gasteiger partial charge in [0.25, 0.3) is 0 Å². The van der Waals surface area contributed by atoms with Crippen LogP contribution in [0.3, 0.4) is 0 Å². The molecule has 6 heteroatoms. The van der Waals surface area contributed by atoms with E-state index in [-0.39, 0.29) is 12.6 Å². The smallest absolute Gasteiger partial charge is 0.109 e. The lowest BCUT2D eigenvalue weighted by atomic mass is 9.95. The number of aliphatic hydroxyl groups excluding tert-OH is 1. The number of hydrogen-bond acceptors (Lipinski definition) is 3. The van der Waals surface area contributed by atoms with E-state index in [9.17, 15) is 0 Å². The Hall–Kier alpha value is -0.705. The van der Waals surface area contributed by atoms with Gasteiger partial charge in [-0.05, 0) is 12.0 Å². The second-order valence-corrected chi connectivity index (χ2v) is 2.40. The van der Waals surface area contributed by atoms with Gasteiger partial charge in [0.15, 0.2) is 0 Å². The number of azide groups is 1. The zero-order valence-corrected chi connectivity index (χ0v) is 5.92. The highest BCUT2D eigenvalue weighted by molar-refractivity contribution is 6.11. The lowest BCUT2D eigenvalue weighted by Crippen LogP contribution is -2.23. The second kappa shape index (κ2) is 3.62. The first-order chi connectivity index (χ1) is 5.27. The minimum Gasteiger partial charge on any atom is -0.394 e. The normalized spacial score (nSPS) is 36.6. The van der Waals surface area contributed by atoms with Gasteiger partial charge in [-0.1, -0.05) is 5.11 Å². The zero-order chi connectivity index (χ0) is 8.27. The van der Waals surface area contributed by atoms with Crippen LogP contribution in [0.15, 0.2) is 5.11 Å². The van der Waals surface area contributed by atoms with Crippen molar-refractivity contribution in [3.8, 4) is 0 Å². The minimum absolute atomic E-state index is 0.155. The minimum atomic E-state index is -0.430. The van der Waals surface area contributed by atoms with Crippen LogP contribution in [-0.4, -0.2) is 37.7 Å². The molecule has 0 aromatic heterocycles. The molecule has 1 N–H and O–H groups in total. The Morgan fingerprint density at radius 3 is 3.09 bits per heavy atom. The van der Waals surface area contributed by atoms with Gasteiger partial charge in [-0.2, -0.15) is 0 Å². The quantitative estimate of drug-likeness (QED) is 0.261. The first-order valence-corrected chi connectivity index (χ1v) is 3.34. The van der Waals surface area contributed by atoms with Crippen LogP contribution in [0.1, 0.15) is 6.42 Å². The topological polar surface area (TPSA) is 78.2 Å². The van der Waals surface area contributed by atoms with E-state index in [0.29, 0.717) is 6.42 Å². The van der Waals surface area contributed by atoms with Crippen molar-refractivity contribution < 1.29 is 9.84 Å². The fraction of sp³-hybridized carbons (Fsp3) is 1.00. The number of rotatable bonds is 2. The van der Waals surface area contributed by atoms with Crippen molar-refractivity contribution in [1.29, 1.82) is 0 Å². The van der Waals surface area contributed by atoms with Crippen molar-refractivity contribution in [2.45, 2.75) is 24.6 Å². The maximum absolute atomic E-state index is 8.72. The van der Waals surface area contributed by atoms with Gasteiger partial charge in [0, 0.05) is 10.9 Å². The highest BCUT2D eigenvalue weighted by Crippen LogP contribution is 2.20. The maximum atomic E-state index is 8.72. The van der Waals surface area contributed by atoms with Gasteiger partial charge >= 0.3 is 0 Å². The van der Waals surface area contributed by atoms with E-state index < -0.39 is 12.1 Å². The summed E-state index contributed by atoms with van der Waals surface area (Å²) in [4.78, 5) is 2.63. The molecule has 0 bridgehead atoms. The average Bonchev–Trinajstić information content (AvgIpc) is 2.32. The molecule has 3 atom stereocenters. The highest BCUT2D eigenvalue weighted by atomic mass is 16.5. The molecule has 1 aliphatic heterocycles. The molecule has 5 nitrogen and oxygen atoms in total. The largest absolute Gasteiger partial charge is 0.394 e. The summed E-state index contributed by atoms with van der Waals surface area (Å²) in [6.45, 7) is -0.155. The first kappa shape index (κ1) is 8.39. The van der Waals surface area contributed by atoms with Crippen LogP contribution in [0.25, 0.3) is 10.4 Å². The van der Waals surface area contributed by atoms with Crippen molar-refractivity contribution in [3.05, 3.63) is 10.4 Å². The van der Waals surface area contributed by atoms with E-state index in [1.807, 2.05) is 0 Å². The summed E-state index contributed by atoms with van der Waals surface area (Å²) in [6, 6.07) is -0.734. The molecule has 1 unspecified atom stereocenters. The number of hydrogen-bond donors (Lipinski definition) is 1. The van der Waals surface area contributed by atoms with Gasteiger partial charge in [-0.15, -0.1) is 0 Å². The summed E-state index contributed by atoms with van der Waals surface area (Å²) in [5.41, 5.74) is 8.11. The van der Waals surface area contributed by atoms with Crippen molar-refractivity contribution in [3.63, 3.8) is 0 Å². The van der Waals surface area contributed by atoms with Crippen LogP contribution in [0, 0.1) is 0 Å². The Balaban J connectivity index is 2.56. The van der Waals surface area contributed by atoms with E-state index >= 15 is 0 Å². The summed E-state index contributed by atoms with van der Waals surface area (Å²) in [5.74, 6) is 0. The van der Waals surface area contributed by atoms with E-state index in [0.717, 1.165) is 0 Å². The van der Waals surface area contributed by atoms with Crippen molar-refractivity contribution in [2.75, 3.05) is 6.61 Å². The number of nitrogens with zero attached hydrogens (tertiary/aromatic N) is 3. The predicted molar refractivity (Wildman–Crippen MR) is 39.1 cm³/mol. The second-order valence-electron chi connectivity index (χ2n) is 2.40. The van der Waals surface area contributed by atoms with Crippen LogP contribution in [0.5, 0.6) is 0 Å². The summed E-state index contributed by atoms with van der Waals surface area (Å²) >= 11 is 0. The van der Waals surface area contributed by atoms with E-state index in [2.05, 4.69) is 10.0 Å². The predicted octanol–water partition coefficient (Wildman–Crippen LogP) is -0.0589. The fourth-order valence-electron chi connectivity index (χ4n) is 1.11. The SMILES string of the molecule is [B][C@H]1CC(N=[N+]=[N-])[C@@H](CO)O1. The third kappa shape index (κ3) is 1.86. The third-order valence-corrected chi connectivity index (χ3v) is 1.63. The van der Waals surface area contributed by atoms with Crippen LogP contribution < -0.4 is 0 Å². The Morgan fingerprint density at radius 2 is 2.55 bits per heavy atom. The molecular formula is C5H8BN3O2. The van der Waals surface area contributed by atoms with Gasteiger partial charge in [-0.3, -0.25) is 0 Å². The number of aliphatic hydroxyl groups is 1. The molecule has 0 aromatic carbocycles. The molecule has 1 rings (SSSR count). The molecule has 1 heterocycles. The average molecular weight is 153 g/mol. The molecule has 0 aliphatic carbocycles. The lowest BCUT2D eigenvalue weighted by Gasteiger charge is -2.09. The fourth-order valence-corrected chi connectivity index (χ4v) is 1.11. The molecule has 1 saturated heterocycles. The first-order valence-electron chi connectivity index (χ1n) is 3.34. The number of ether oxygens (including phenoxy) is 1. The molecule has 2 radical (unpaired) electrons. The van der Waals surface area contributed by atoms with Gasteiger partial charge < -0.3 is 9.84 Å². The van der Waals surface area contributed by atoms with Gasteiger partial charge in [0.1, 0.15) is 7.85 Å². The van der Waals surface area contributed by atoms with Gasteiger partial charge in [0.05, 0.1) is 18.8 Å². The molecule has 0 saturated carbocycles. The van der Waals surface area contributed by atoms with E-state index in [1.165, 1.54) is 0 Å².